The molecule has 1 amide bonds. The van der Waals surface area contributed by atoms with E-state index in [4.69, 9.17) is 9.47 Å². The van der Waals surface area contributed by atoms with Crippen LogP contribution in [-0.4, -0.2) is 67.4 Å². The first kappa shape index (κ1) is 30.1. The van der Waals surface area contributed by atoms with Gasteiger partial charge >= 0.3 is 0 Å². The fraction of sp³-hybridized carbons (Fsp3) is 0.296. The highest BCUT2D eigenvalue weighted by Gasteiger charge is 2.27. The quantitative estimate of drug-likeness (QED) is 0.282. The lowest BCUT2D eigenvalue weighted by molar-refractivity contribution is -0.121. The van der Waals surface area contributed by atoms with Gasteiger partial charge in [0.1, 0.15) is 0 Å². The number of aryl methyl sites for hydroxylation is 1. The second kappa shape index (κ2) is 13.6. The summed E-state index contributed by atoms with van der Waals surface area (Å²) in [5, 5.41) is 2.59. The number of sulfonamides is 2. The molecule has 0 fully saturated rings. The maximum Gasteiger partial charge on any atom is 0.243 e. The third-order valence-corrected chi connectivity index (χ3v) is 9.19. The highest BCUT2D eigenvalue weighted by molar-refractivity contribution is 7.89. The summed E-state index contributed by atoms with van der Waals surface area (Å²) in [5.41, 5.74) is 1.84. The molecule has 39 heavy (non-hydrogen) atoms. The minimum atomic E-state index is -4.09. The molecule has 0 aliphatic heterocycles. The van der Waals surface area contributed by atoms with Crippen LogP contribution in [0.3, 0.4) is 0 Å². The van der Waals surface area contributed by atoms with Gasteiger partial charge in [-0.25, -0.2) is 21.6 Å². The third-order valence-electron chi connectivity index (χ3n) is 5.88. The predicted octanol–water partition coefficient (Wildman–Crippen LogP) is 2.34. The van der Waals surface area contributed by atoms with Crippen molar-refractivity contribution in [1.82, 2.24) is 14.3 Å². The largest absolute Gasteiger partial charge is 0.493 e. The van der Waals surface area contributed by atoms with Crippen molar-refractivity contribution in [2.45, 2.75) is 23.1 Å². The maximum atomic E-state index is 13.6. The molecule has 10 nitrogen and oxygen atoms in total. The fourth-order valence-electron chi connectivity index (χ4n) is 3.71. The van der Waals surface area contributed by atoms with E-state index in [2.05, 4.69) is 10.0 Å². The summed E-state index contributed by atoms with van der Waals surface area (Å²) in [4.78, 5) is 12.8. The fourth-order valence-corrected chi connectivity index (χ4v) is 6.16. The molecular formula is C27H33N3O7S2. The lowest BCUT2D eigenvalue weighted by Gasteiger charge is -2.22. The Morgan fingerprint density at radius 3 is 2.10 bits per heavy atom. The first-order chi connectivity index (χ1) is 18.6. The normalized spacial score (nSPS) is 11.8. The molecule has 210 valence electrons. The average molecular weight is 576 g/mol. The van der Waals surface area contributed by atoms with E-state index in [1.54, 1.807) is 12.1 Å². The smallest absolute Gasteiger partial charge is 0.243 e. The van der Waals surface area contributed by atoms with Crippen LogP contribution in [0.4, 0.5) is 0 Å². The first-order valence-corrected chi connectivity index (χ1v) is 15.1. The molecule has 3 aromatic rings. The summed E-state index contributed by atoms with van der Waals surface area (Å²) in [6.07, 6.45) is 0.386. The standard InChI is InChI=1S/C27H33N3O7S2/c1-21-9-11-23(12-10-21)38(32,33)29-17-16-28-27(31)20-30(18-15-22-7-5-4-6-8-22)39(34,35)24-13-14-25(36-2)26(19-24)37-3/h4-14,19,29H,15-18,20H2,1-3H3,(H,28,31). The molecule has 0 saturated carbocycles. The Morgan fingerprint density at radius 1 is 0.821 bits per heavy atom. The average Bonchev–Trinajstić information content (AvgIpc) is 2.93. The predicted molar refractivity (Wildman–Crippen MR) is 148 cm³/mol. The molecule has 12 heteroatoms. The van der Waals surface area contributed by atoms with Crippen LogP contribution < -0.4 is 19.5 Å². The monoisotopic (exact) mass is 575 g/mol. The van der Waals surface area contributed by atoms with E-state index in [1.807, 2.05) is 37.3 Å². The van der Waals surface area contributed by atoms with Crippen LogP contribution in [0.1, 0.15) is 11.1 Å². The summed E-state index contributed by atoms with van der Waals surface area (Å²) in [7, 11) is -4.98. The van der Waals surface area contributed by atoms with Crippen LogP contribution in [0, 0.1) is 6.92 Å². The van der Waals surface area contributed by atoms with Crippen molar-refractivity contribution < 1.29 is 31.1 Å². The van der Waals surface area contributed by atoms with Crippen molar-refractivity contribution >= 4 is 26.0 Å². The van der Waals surface area contributed by atoms with Gasteiger partial charge in [-0.15, -0.1) is 0 Å². The Balaban J connectivity index is 1.69. The topological polar surface area (TPSA) is 131 Å². The van der Waals surface area contributed by atoms with Crippen molar-refractivity contribution in [1.29, 1.82) is 0 Å². The highest BCUT2D eigenvalue weighted by Crippen LogP contribution is 2.30. The molecule has 0 aliphatic rings. The van der Waals surface area contributed by atoms with Crippen molar-refractivity contribution in [2.24, 2.45) is 0 Å². The molecular weight excluding hydrogens is 542 g/mol. The number of rotatable bonds is 14. The third kappa shape index (κ3) is 8.27. The number of hydrogen-bond donors (Lipinski definition) is 2. The van der Waals surface area contributed by atoms with Crippen LogP contribution in [0.15, 0.2) is 82.6 Å². The van der Waals surface area contributed by atoms with Gasteiger partial charge in [0.05, 0.1) is 30.6 Å². The van der Waals surface area contributed by atoms with Crippen LogP contribution >= 0.6 is 0 Å². The van der Waals surface area contributed by atoms with E-state index in [9.17, 15) is 21.6 Å². The van der Waals surface area contributed by atoms with Gasteiger partial charge in [0.15, 0.2) is 11.5 Å². The molecule has 0 radical (unpaired) electrons. The van der Waals surface area contributed by atoms with E-state index in [0.717, 1.165) is 15.4 Å². The maximum absolute atomic E-state index is 13.6. The highest BCUT2D eigenvalue weighted by atomic mass is 32.2. The lowest BCUT2D eigenvalue weighted by atomic mass is 10.1. The van der Waals surface area contributed by atoms with E-state index in [-0.39, 0.29) is 35.2 Å². The lowest BCUT2D eigenvalue weighted by Crippen LogP contribution is -2.43. The van der Waals surface area contributed by atoms with Gasteiger partial charge < -0.3 is 14.8 Å². The zero-order chi connectivity index (χ0) is 28.5. The van der Waals surface area contributed by atoms with E-state index >= 15 is 0 Å². The molecule has 0 spiro atoms. The Bertz CT molecular complexity index is 1460. The van der Waals surface area contributed by atoms with E-state index in [1.165, 1.54) is 44.6 Å². The van der Waals surface area contributed by atoms with Gasteiger partial charge in [-0.1, -0.05) is 48.0 Å². The minimum absolute atomic E-state index is 0.0210. The van der Waals surface area contributed by atoms with Crippen molar-refractivity contribution in [3.05, 3.63) is 83.9 Å². The zero-order valence-corrected chi connectivity index (χ0v) is 23.7. The molecule has 0 heterocycles. The van der Waals surface area contributed by atoms with Crippen LogP contribution in [0.5, 0.6) is 11.5 Å². The van der Waals surface area contributed by atoms with Gasteiger partial charge in [-0.3, -0.25) is 4.79 Å². The van der Waals surface area contributed by atoms with Crippen molar-refractivity contribution in [3.8, 4) is 11.5 Å². The second-order valence-corrected chi connectivity index (χ2v) is 12.4. The SMILES string of the molecule is COc1ccc(S(=O)(=O)N(CCc2ccccc2)CC(=O)NCCNS(=O)(=O)c2ccc(C)cc2)cc1OC. The Morgan fingerprint density at radius 2 is 1.46 bits per heavy atom. The molecule has 3 aromatic carbocycles. The minimum Gasteiger partial charge on any atom is -0.493 e. The number of nitrogens with zero attached hydrogens (tertiary/aromatic N) is 1. The number of carbonyl (C=O) groups is 1. The molecule has 0 aliphatic carbocycles. The Hall–Kier alpha value is -3.45. The summed E-state index contributed by atoms with van der Waals surface area (Å²) in [5.74, 6) is 0.0478. The Labute approximate surface area is 230 Å². The number of hydrogen-bond acceptors (Lipinski definition) is 7. The number of nitrogens with one attached hydrogen (secondary N) is 2. The zero-order valence-electron chi connectivity index (χ0n) is 22.1. The summed E-state index contributed by atoms with van der Waals surface area (Å²) < 4.78 is 66.0. The summed E-state index contributed by atoms with van der Waals surface area (Å²) in [6.45, 7) is 1.37. The number of amides is 1. The van der Waals surface area contributed by atoms with E-state index in [0.29, 0.717) is 12.2 Å². The summed E-state index contributed by atoms with van der Waals surface area (Å²) >= 11 is 0. The van der Waals surface area contributed by atoms with Crippen molar-refractivity contribution in [3.63, 3.8) is 0 Å². The molecule has 0 atom stereocenters. The van der Waals surface area contributed by atoms with Gasteiger partial charge in [0.25, 0.3) is 0 Å². The van der Waals surface area contributed by atoms with Gasteiger partial charge in [-0.05, 0) is 43.2 Å². The molecule has 2 N–H and O–H groups in total. The van der Waals surface area contributed by atoms with Crippen LogP contribution in [0.25, 0.3) is 0 Å². The number of ether oxygens (including phenoxy) is 2. The van der Waals surface area contributed by atoms with Crippen molar-refractivity contribution in [2.75, 3.05) is 40.4 Å². The van der Waals surface area contributed by atoms with Gasteiger partial charge in [0, 0.05) is 25.7 Å². The van der Waals surface area contributed by atoms with Gasteiger partial charge in [-0.2, -0.15) is 4.31 Å². The second-order valence-electron chi connectivity index (χ2n) is 8.65. The van der Waals surface area contributed by atoms with Crippen LogP contribution in [0.2, 0.25) is 0 Å². The Kier molecular flexibility index (Phi) is 10.5. The number of carbonyl (C=O) groups excluding carboxylic acids is 1. The number of benzene rings is 3. The molecule has 0 saturated heterocycles. The molecule has 0 bridgehead atoms. The molecule has 0 unspecified atom stereocenters. The molecule has 3 rings (SSSR count). The van der Waals surface area contributed by atoms with Gasteiger partial charge in [0.2, 0.25) is 26.0 Å². The summed E-state index contributed by atoms with van der Waals surface area (Å²) in [6, 6.07) is 19.9. The van der Waals surface area contributed by atoms with E-state index < -0.39 is 32.5 Å². The van der Waals surface area contributed by atoms with Crippen LogP contribution in [-0.2, 0) is 31.3 Å². The first-order valence-electron chi connectivity index (χ1n) is 12.2. The number of methoxy groups -OCH3 is 2. The molecule has 0 aromatic heterocycles.